The highest BCUT2D eigenvalue weighted by molar-refractivity contribution is 6.32. The molecule has 1 spiro atoms. The molecule has 8 aliphatic carbocycles. The summed E-state index contributed by atoms with van der Waals surface area (Å²) in [5, 5.41) is 6.93. The Balaban J connectivity index is 1.20. The maximum Gasteiger partial charge on any atom is 0.197 e. The van der Waals surface area contributed by atoms with Crippen LogP contribution in [0.25, 0.3) is 65.6 Å². The van der Waals surface area contributed by atoms with Gasteiger partial charge in [-0.3, -0.25) is 14.8 Å². The number of pyridine rings is 3. The zero-order chi connectivity index (χ0) is 34.1. The molecule has 16 rings (SSSR count). The molecule has 5 fully saturated rings. The monoisotopic (exact) mass is 688 g/mol. The van der Waals surface area contributed by atoms with E-state index in [0.717, 1.165) is 51.2 Å². The van der Waals surface area contributed by atoms with Gasteiger partial charge >= 0.3 is 0 Å². The molecule has 0 aliphatic heterocycles. The van der Waals surface area contributed by atoms with Crippen molar-refractivity contribution in [1.29, 1.82) is 0 Å². The van der Waals surface area contributed by atoms with E-state index in [1.54, 1.807) is 0 Å². The summed E-state index contributed by atoms with van der Waals surface area (Å²) < 4.78 is 5.00. The van der Waals surface area contributed by atoms with Crippen molar-refractivity contribution in [2.45, 2.75) is 87.9 Å². The first-order valence-corrected chi connectivity index (χ1v) is 20.7. The predicted molar refractivity (Wildman–Crippen MR) is 211 cm³/mol. The standard InChI is InChI=1S/C48H40N4O/c53-47-32-8-4-5-9-35(32)51(31-6-2-1-3-7-31)46-34(47)18-33-40-36(21-50-44-28-16-30-17-29-15-27(39(40)44)19-48(29,30)20-28)52-37-22-49-43-26-13-23-10-24(14-26)12-25(11-23)38(43)41(37)42(46)45(33)52/h1-9,18,21-30H,10-17,19-20H2. The minimum absolute atomic E-state index is 0.148. The number of hydrogen-bond donors (Lipinski definition) is 0. The lowest BCUT2D eigenvalue weighted by atomic mass is 9.56. The second-order valence-corrected chi connectivity index (χ2v) is 19.0. The maximum atomic E-state index is 15.1. The van der Waals surface area contributed by atoms with Crippen LogP contribution in [0.4, 0.5) is 0 Å². The summed E-state index contributed by atoms with van der Waals surface area (Å²) in [4.78, 5) is 26.1. The normalized spacial score (nSPS) is 33.1. The smallest absolute Gasteiger partial charge is 0.197 e. The number of aromatic nitrogens is 4. The van der Waals surface area contributed by atoms with Gasteiger partial charge in [-0.15, -0.1) is 0 Å². The van der Waals surface area contributed by atoms with Crippen LogP contribution in [0.15, 0.2) is 77.9 Å². The van der Waals surface area contributed by atoms with Gasteiger partial charge in [-0.25, -0.2) is 0 Å². The van der Waals surface area contributed by atoms with Crippen molar-refractivity contribution in [3.8, 4) is 5.69 Å². The van der Waals surface area contributed by atoms with Gasteiger partial charge in [0.2, 0.25) is 0 Å². The van der Waals surface area contributed by atoms with Gasteiger partial charge in [-0.05, 0) is 147 Å². The molecule has 5 saturated carbocycles. The molecule has 7 unspecified atom stereocenters. The van der Waals surface area contributed by atoms with Crippen molar-refractivity contribution in [2.24, 2.45) is 29.1 Å². The van der Waals surface area contributed by atoms with Gasteiger partial charge in [0.05, 0.1) is 40.0 Å². The lowest BCUT2D eigenvalue weighted by Crippen LogP contribution is -2.41. The van der Waals surface area contributed by atoms with Crippen LogP contribution >= 0.6 is 0 Å². The Labute approximate surface area is 306 Å². The molecule has 0 N–H and O–H groups in total. The highest BCUT2D eigenvalue weighted by Gasteiger charge is 2.66. The van der Waals surface area contributed by atoms with E-state index in [9.17, 15) is 0 Å². The second kappa shape index (κ2) is 8.94. The van der Waals surface area contributed by atoms with E-state index in [1.165, 1.54) is 125 Å². The molecule has 5 heteroatoms. The minimum atomic E-state index is 0.148. The summed E-state index contributed by atoms with van der Waals surface area (Å²) in [5.74, 6) is 5.61. The maximum absolute atomic E-state index is 15.1. The number of para-hydroxylation sites is 2. The van der Waals surface area contributed by atoms with Crippen LogP contribution in [-0.4, -0.2) is 18.9 Å². The molecule has 0 saturated heterocycles. The minimum Gasteiger partial charge on any atom is -0.308 e. The first-order chi connectivity index (χ1) is 26.1. The van der Waals surface area contributed by atoms with Gasteiger partial charge in [0.25, 0.3) is 0 Å². The summed E-state index contributed by atoms with van der Waals surface area (Å²) in [6.07, 6.45) is 17.7. The summed E-state index contributed by atoms with van der Waals surface area (Å²) in [6, 6.07) is 21.4. The molecule has 5 heterocycles. The highest BCUT2D eigenvalue weighted by atomic mass is 16.1. The number of benzene rings is 3. The first kappa shape index (κ1) is 27.8. The lowest BCUT2D eigenvalue weighted by Gasteiger charge is -2.48. The lowest BCUT2D eigenvalue weighted by molar-refractivity contribution is 0.00321. The van der Waals surface area contributed by atoms with Crippen LogP contribution in [0.5, 0.6) is 0 Å². The van der Waals surface area contributed by atoms with Crippen molar-refractivity contribution >= 4 is 59.9 Å². The van der Waals surface area contributed by atoms with Crippen LogP contribution in [0.1, 0.15) is 110 Å². The third kappa shape index (κ3) is 3.04. The Bertz CT molecular complexity index is 3050. The molecule has 5 aromatic heterocycles. The average molecular weight is 689 g/mol. The molecule has 5 nitrogen and oxygen atoms in total. The fourth-order valence-corrected chi connectivity index (χ4v) is 15.4. The molecule has 0 amide bonds. The number of fused-ring (bicyclic) bond motifs is 15. The Morgan fingerprint density at radius 2 is 1.25 bits per heavy atom. The Kier molecular flexibility index (Phi) is 4.69. The van der Waals surface area contributed by atoms with Crippen LogP contribution in [0.3, 0.4) is 0 Å². The first-order valence-electron chi connectivity index (χ1n) is 20.7. The van der Waals surface area contributed by atoms with Crippen molar-refractivity contribution in [3.05, 3.63) is 106 Å². The largest absolute Gasteiger partial charge is 0.308 e. The van der Waals surface area contributed by atoms with E-state index in [2.05, 4.69) is 69.9 Å². The molecule has 53 heavy (non-hydrogen) atoms. The molecule has 7 atom stereocenters. The molecule has 0 radical (unpaired) electrons. The highest BCUT2D eigenvalue weighted by Crippen LogP contribution is 2.76. The van der Waals surface area contributed by atoms with Crippen LogP contribution in [0.2, 0.25) is 0 Å². The zero-order valence-electron chi connectivity index (χ0n) is 29.8. The quantitative estimate of drug-likeness (QED) is 0.161. The summed E-state index contributed by atoms with van der Waals surface area (Å²) in [5.41, 5.74) is 13.4. The number of rotatable bonds is 1. The molecular formula is C48H40N4O. The summed E-state index contributed by atoms with van der Waals surface area (Å²) >= 11 is 0. The van der Waals surface area contributed by atoms with E-state index < -0.39 is 0 Å². The average Bonchev–Trinajstić information content (AvgIpc) is 3.82. The molecule has 3 aromatic carbocycles. The molecule has 258 valence electrons. The third-order valence-electron chi connectivity index (χ3n) is 16.9. The van der Waals surface area contributed by atoms with Gasteiger partial charge in [-0.1, -0.05) is 30.3 Å². The number of hydrogen-bond acceptors (Lipinski definition) is 3. The Hall–Kier alpha value is -4.77. The Morgan fingerprint density at radius 1 is 0.566 bits per heavy atom. The van der Waals surface area contributed by atoms with Gasteiger partial charge in [0.15, 0.2) is 5.43 Å². The predicted octanol–water partition coefficient (Wildman–Crippen LogP) is 10.9. The summed E-state index contributed by atoms with van der Waals surface area (Å²) in [6.45, 7) is 0. The van der Waals surface area contributed by atoms with Gasteiger partial charge in [0, 0.05) is 61.2 Å². The van der Waals surface area contributed by atoms with Crippen molar-refractivity contribution in [1.82, 2.24) is 18.9 Å². The summed E-state index contributed by atoms with van der Waals surface area (Å²) in [7, 11) is 0. The zero-order valence-corrected chi connectivity index (χ0v) is 29.8. The second-order valence-electron chi connectivity index (χ2n) is 19.0. The topological polar surface area (TPSA) is 52.2 Å². The van der Waals surface area contributed by atoms with Gasteiger partial charge in [0.1, 0.15) is 0 Å². The van der Waals surface area contributed by atoms with Gasteiger partial charge in [-0.2, -0.15) is 0 Å². The SMILES string of the molecule is O=c1c2ccccc2n(-c2ccccc2)c2c1cc1c3c4c(ncc3n3c5cnc6c(c5c2c13)C1CC2CC(CC6C2)C1)C1CC2CC3CC4CC23C1. The van der Waals surface area contributed by atoms with Crippen molar-refractivity contribution in [3.63, 3.8) is 0 Å². The van der Waals surface area contributed by atoms with E-state index >= 15 is 4.79 Å². The Morgan fingerprint density at radius 3 is 2.08 bits per heavy atom. The third-order valence-corrected chi connectivity index (χ3v) is 16.9. The van der Waals surface area contributed by atoms with E-state index in [0.29, 0.717) is 29.1 Å². The van der Waals surface area contributed by atoms with Crippen molar-refractivity contribution in [2.75, 3.05) is 0 Å². The van der Waals surface area contributed by atoms with Crippen LogP contribution < -0.4 is 5.43 Å². The molecule has 7 bridgehead atoms. The molecular weight excluding hydrogens is 649 g/mol. The van der Waals surface area contributed by atoms with E-state index in [4.69, 9.17) is 9.97 Å². The van der Waals surface area contributed by atoms with E-state index in [1.807, 2.05) is 12.1 Å². The fourth-order valence-electron chi connectivity index (χ4n) is 15.4. The molecule has 8 aromatic rings. The van der Waals surface area contributed by atoms with Crippen LogP contribution in [0, 0.1) is 29.1 Å². The van der Waals surface area contributed by atoms with Gasteiger partial charge < -0.3 is 8.97 Å². The van der Waals surface area contributed by atoms with Crippen molar-refractivity contribution < 1.29 is 0 Å². The number of nitrogens with zero attached hydrogens (tertiary/aromatic N) is 4. The molecule has 8 aliphatic rings. The van der Waals surface area contributed by atoms with Crippen LogP contribution in [-0.2, 0) is 0 Å². The van der Waals surface area contributed by atoms with E-state index in [-0.39, 0.29) is 5.43 Å². The fraction of sp³-hybridized carbons (Fsp3) is 0.396.